The van der Waals surface area contributed by atoms with Gasteiger partial charge in [0, 0.05) is 18.3 Å². The molecule has 2 aromatic carbocycles. The number of carboxylic acid groups (broad SMARTS) is 1. The third-order valence-corrected chi connectivity index (χ3v) is 8.72. The Morgan fingerprint density at radius 2 is 1.89 bits per heavy atom. The number of benzene rings is 2. The Hall–Kier alpha value is -3.00. The van der Waals surface area contributed by atoms with E-state index in [1.807, 2.05) is 30.3 Å². The minimum atomic E-state index is -3.69. The zero-order valence-electron chi connectivity index (χ0n) is 20.2. The van der Waals surface area contributed by atoms with E-state index >= 15 is 0 Å². The zero-order chi connectivity index (χ0) is 25.7. The number of ether oxygens (including phenoxy) is 1. The van der Waals surface area contributed by atoms with E-state index in [-0.39, 0.29) is 6.16 Å². The summed E-state index contributed by atoms with van der Waals surface area (Å²) in [7, 11) is -3.69. The van der Waals surface area contributed by atoms with Crippen LogP contribution in [0.15, 0.2) is 54.6 Å². The second-order valence-electron chi connectivity index (χ2n) is 9.15. The predicted octanol–water partition coefficient (Wildman–Crippen LogP) is 4.14. The van der Waals surface area contributed by atoms with Crippen molar-refractivity contribution in [3.05, 3.63) is 71.3 Å². The molecule has 0 saturated carbocycles. The molecule has 1 amide bonds. The second-order valence-corrected chi connectivity index (χ2v) is 11.4. The normalized spacial score (nSPS) is 21.5. The Bertz CT molecular complexity index is 1160. The maximum Gasteiger partial charge on any atom is 0.341 e. The first kappa shape index (κ1) is 26.1. The first-order chi connectivity index (χ1) is 17.3. The summed E-state index contributed by atoms with van der Waals surface area (Å²) < 4.78 is 25.3. The maximum absolute atomic E-state index is 14.0. The lowest BCUT2D eigenvalue weighted by molar-refractivity contribution is -0.148. The molecule has 2 aromatic rings. The number of amides is 1. The van der Waals surface area contributed by atoms with Crippen LogP contribution in [0.1, 0.15) is 60.4 Å². The molecule has 4 atom stereocenters. The number of carboxylic acids is 1. The minimum Gasteiger partial charge on any atom is -0.480 e. The van der Waals surface area contributed by atoms with Gasteiger partial charge in [-0.05, 0) is 50.7 Å². The quantitative estimate of drug-likeness (QED) is 0.261. The van der Waals surface area contributed by atoms with Gasteiger partial charge < -0.3 is 14.7 Å². The van der Waals surface area contributed by atoms with Gasteiger partial charge in [0.05, 0.1) is 11.6 Å². The lowest BCUT2D eigenvalue weighted by atomic mass is 10.1. The number of esters is 1. The summed E-state index contributed by atoms with van der Waals surface area (Å²) in [5.74, 6) is -2.06. The molecule has 36 heavy (non-hydrogen) atoms. The SMILES string of the molecule is C[C@H](NP(=O)(CCCCc1ccccc1)OC1OC(=O)c2ccccc21)C(=O)N1CCC[C@H]1C(=O)O. The van der Waals surface area contributed by atoms with Crippen LogP contribution in [0, 0.1) is 0 Å². The van der Waals surface area contributed by atoms with Crippen molar-refractivity contribution in [1.82, 2.24) is 9.99 Å². The number of carbonyl (C=O) groups is 3. The highest BCUT2D eigenvalue weighted by atomic mass is 31.2. The van der Waals surface area contributed by atoms with Gasteiger partial charge in [0.1, 0.15) is 6.04 Å². The van der Waals surface area contributed by atoms with Gasteiger partial charge in [0.25, 0.3) is 7.52 Å². The van der Waals surface area contributed by atoms with E-state index in [4.69, 9.17) is 9.26 Å². The Morgan fingerprint density at radius 1 is 1.17 bits per heavy atom. The molecule has 2 aliphatic rings. The third kappa shape index (κ3) is 6.03. The number of likely N-dealkylation sites (tertiary alicyclic amines) is 1. The number of nitrogens with one attached hydrogen (secondary N) is 1. The summed E-state index contributed by atoms with van der Waals surface area (Å²) in [5, 5.41) is 12.3. The lowest BCUT2D eigenvalue weighted by Gasteiger charge is -2.29. The van der Waals surface area contributed by atoms with Crippen molar-refractivity contribution in [3.8, 4) is 0 Å². The zero-order valence-corrected chi connectivity index (χ0v) is 21.1. The average molecular weight is 515 g/mol. The van der Waals surface area contributed by atoms with Gasteiger partial charge in [0.2, 0.25) is 12.2 Å². The number of cyclic esters (lactones) is 1. The monoisotopic (exact) mass is 514 g/mol. The van der Waals surface area contributed by atoms with Gasteiger partial charge in [-0.2, -0.15) is 0 Å². The number of hydrogen-bond donors (Lipinski definition) is 2. The number of carbonyl (C=O) groups excluding carboxylic acids is 2. The fourth-order valence-electron chi connectivity index (χ4n) is 4.67. The largest absolute Gasteiger partial charge is 0.480 e. The minimum absolute atomic E-state index is 0.121. The molecule has 0 radical (unpaired) electrons. The molecule has 10 heteroatoms. The van der Waals surface area contributed by atoms with Gasteiger partial charge in [-0.1, -0.05) is 48.5 Å². The summed E-state index contributed by atoms with van der Waals surface area (Å²) >= 11 is 0. The van der Waals surface area contributed by atoms with E-state index < -0.39 is 43.7 Å². The van der Waals surface area contributed by atoms with Crippen molar-refractivity contribution < 1.29 is 33.3 Å². The Kier molecular flexibility index (Phi) is 8.24. The van der Waals surface area contributed by atoms with Crippen molar-refractivity contribution in [2.24, 2.45) is 0 Å². The highest BCUT2D eigenvalue weighted by Gasteiger charge is 2.41. The number of aliphatic carboxylic acids is 1. The van der Waals surface area contributed by atoms with E-state index in [1.165, 1.54) is 4.90 Å². The number of rotatable bonds is 11. The molecule has 0 aromatic heterocycles. The predicted molar refractivity (Wildman–Crippen MR) is 133 cm³/mol. The fraction of sp³-hybridized carbons (Fsp3) is 0.423. The number of aryl methyl sites for hydroxylation is 1. The fourth-order valence-corrected chi connectivity index (χ4v) is 6.77. The molecule has 192 valence electrons. The van der Waals surface area contributed by atoms with Crippen LogP contribution in [0.25, 0.3) is 0 Å². The Balaban J connectivity index is 1.47. The average Bonchev–Trinajstić information content (AvgIpc) is 3.48. The van der Waals surface area contributed by atoms with Crippen LogP contribution < -0.4 is 5.09 Å². The summed E-state index contributed by atoms with van der Waals surface area (Å²) in [6.45, 7) is 1.88. The summed E-state index contributed by atoms with van der Waals surface area (Å²) in [4.78, 5) is 38.2. The molecule has 1 fully saturated rings. The Morgan fingerprint density at radius 3 is 2.64 bits per heavy atom. The van der Waals surface area contributed by atoms with E-state index in [2.05, 4.69) is 5.09 Å². The van der Waals surface area contributed by atoms with E-state index in [0.29, 0.717) is 36.9 Å². The van der Waals surface area contributed by atoms with Gasteiger partial charge in [0.15, 0.2) is 0 Å². The van der Waals surface area contributed by atoms with Crippen molar-refractivity contribution >= 4 is 25.4 Å². The van der Waals surface area contributed by atoms with E-state index in [0.717, 1.165) is 18.4 Å². The third-order valence-electron chi connectivity index (χ3n) is 6.51. The van der Waals surface area contributed by atoms with Crippen LogP contribution in [-0.2, 0) is 29.8 Å². The Labute approximate surface area is 210 Å². The molecule has 2 N–H and O–H groups in total. The molecule has 4 rings (SSSR count). The maximum atomic E-state index is 14.0. The van der Waals surface area contributed by atoms with Crippen molar-refractivity contribution in [2.45, 2.75) is 57.4 Å². The van der Waals surface area contributed by atoms with Crippen LogP contribution in [0.3, 0.4) is 0 Å². The van der Waals surface area contributed by atoms with Gasteiger partial charge >= 0.3 is 11.9 Å². The standard InChI is InChI=1S/C26H31N2O7P/c1-18(23(29)28-16-9-15-22(28)24(30)31)27-36(33,17-8-7-12-19-10-3-2-4-11-19)35-26-21-14-6-5-13-20(21)25(32)34-26/h2-6,10-11,13-14,18,22,26H,7-9,12,15-17H2,1H3,(H,27,33)(H,30,31)/t18-,22-,26?,36?/m0/s1. The number of hydrogen-bond acceptors (Lipinski definition) is 6. The van der Waals surface area contributed by atoms with Gasteiger partial charge in [-0.3, -0.25) is 13.9 Å². The highest BCUT2D eigenvalue weighted by Crippen LogP contribution is 2.51. The van der Waals surface area contributed by atoms with Crippen molar-refractivity contribution in [2.75, 3.05) is 12.7 Å². The van der Waals surface area contributed by atoms with Gasteiger partial charge in [-0.25, -0.2) is 14.7 Å². The molecule has 0 spiro atoms. The molecule has 0 aliphatic carbocycles. The smallest absolute Gasteiger partial charge is 0.341 e. The van der Waals surface area contributed by atoms with Crippen LogP contribution in [-0.4, -0.2) is 52.6 Å². The van der Waals surface area contributed by atoms with Gasteiger partial charge in [-0.15, -0.1) is 0 Å². The summed E-state index contributed by atoms with van der Waals surface area (Å²) in [6.07, 6.45) is 2.04. The molecule has 0 bridgehead atoms. The molecule has 2 heterocycles. The summed E-state index contributed by atoms with van der Waals surface area (Å²) in [5.41, 5.74) is 2.00. The molecular formula is C26H31N2O7P. The molecule has 2 unspecified atom stereocenters. The van der Waals surface area contributed by atoms with Crippen molar-refractivity contribution in [1.29, 1.82) is 0 Å². The van der Waals surface area contributed by atoms with Crippen LogP contribution in [0.2, 0.25) is 0 Å². The highest BCUT2D eigenvalue weighted by molar-refractivity contribution is 7.56. The number of unbranched alkanes of at least 4 members (excludes halogenated alkanes) is 1. The van der Waals surface area contributed by atoms with Crippen molar-refractivity contribution in [3.63, 3.8) is 0 Å². The van der Waals surface area contributed by atoms with Crippen LogP contribution in [0.5, 0.6) is 0 Å². The van der Waals surface area contributed by atoms with Crippen LogP contribution in [0.4, 0.5) is 0 Å². The van der Waals surface area contributed by atoms with Crippen LogP contribution >= 0.6 is 7.52 Å². The summed E-state index contributed by atoms with van der Waals surface area (Å²) in [6, 6.07) is 14.8. The number of nitrogens with zero attached hydrogens (tertiary/aromatic N) is 1. The first-order valence-corrected chi connectivity index (χ1v) is 14.0. The number of fused-ring (bicyclic) bond motifs is 1. The van der Waals surface area contributed by atoms with E-state index in [9.17, 15) is 24.1 Å². The molecular weight excluding hydrogens is 483 g/mol. The van der Waals surface area contributed by atoms with E-state index in [1.54, 1.807) is 31.2 Å². The first-order valence-electron chi connectivity index (χ1n) is 12.2. The lowest BCUT2D eigenvalue weighted by Crippen LogP contribution is -2.48. The molecule has 1 saturated heterocycles. The molecule has 2 aliphatic heterocycles. The second kappa shape index (κ2) is 11.4. The topological polar surface area (TPSA) is 122 Å². The molecule has 9 nitrogen and oxygen atoms in total.